The fourth-order valence-corrected chi connectivity index (χ4v) is 5.51. The average molecular weight is 598 g/mol. The largest absolute Gasteiger partial charge is 0.573 e. The predicted octanol–water partition coefficient (Wildman–Crippen LogP) is 4.22. The van der Waals surface area contributed by atoms with Crippen LogP contribution in [0.4, 0.5) is 13.2 Å². The Labute approximate surface area is 232 Å². The molecule has 4 rings (SSSR count). The topological polar surface area (TPSA) is 123 Å². The number of benzene rings is 1. The molecule has 10 nitrogen and oxygen atoms in total. The first-order chi connectivity index (χ1) is 18.6. The summed E-state index contributed by atoms with van der Waals surface area (Å²) in [6, 6.07) is 1.74. The van der Waals surface area contributed by atoms with Gasteiger partial charge in [-0.15, -0.1) is 24.5 Å². The Morgan fingerprint density at radius 2 is 1.77 bits per heavy atom. The first-order valence-corrected chi connectivity index (χ1v) is 14.8. The van der Waals surface area contributed by atoms with Gasteiger partial charge in [0.2, 0.25) is 0 Å². The first-order valence-electron chi connectivity index (χ1n) is 12.0. The van der Waals surface area contributed by atoms with Crippen LogP contribution in [0, 0.1) is 5.92 Å². The summed E-state index contributed by atoms with van der Waals surface area (Å²) in [6.45, 7) is 2.30. The third-order valence-corrected chi connectivity index (χ3v) is 8.39. The van der Waals surface area contributed by atoms with E-state index in [4.69, 9.17) is 0 Å². The SMILES string of the molecule is CC(c1nccnc1-c1ncc(C(=O)N(C)CC2CC2)s1)N(C)C(=O)c1cc(OC(F)(F)F)cc(S(C)(=O)=O)c1. The minimum absolute atomic E-state index is 0.163. The summed E-state index contributed by atoms with van der Waals surface area (Å²) in [5.74, 6) is -1.26. The standard InChI is InChI=1S/C25H26F3N5O5S2/c1-14(33(3)23(34)16-9-17(38-25(26,27)28)11-18(10-16)40(4,36)37)20-21(30-8-7-29-20)22-31-12-19(39-22)24(35)32(2)13-15-5-6-15/h7-12,14-15H,5-6,13H2,1-4H3. The zero-order valence-corrected chi connectivity index (χ0v) is 23.6. The van der Waals surface area contributed by atoms with E-state index in [0.29, 0.717) is 39.8 Å². The zero-order valence-electron chi connectivity index (χ0n) is 22.0. The molecule has 2 amide bonds. The van der Waals surface area contributed by atoms with Crippen LogP contribution in [-0.2, 0) is 9.84 Å². The normalized spacial score (nSPS) is 14.5. The number of amides is 2. The maximum Gasteiger partial charge on any atom is 0.573 e. The lowest BCUT2D eigenvalue weighted by Gasteiger charge is -2.26. The molecule has 1 unspecified atom stereocenters. The highest BCUT2D eigenvalue weighted by molar-refractivity contribution is 7.90. The van der Waals surface area contributed by atoms with Gasteiger partial charge in [0.1, 0.15) is 21.3 Å². The number of nitrogens with zero attached hydrogens (tertiary/aromatic N) is 5. The number of thiazole rings is 1. The smallest absolute Gasteiger partial charge is 0.406 e. The van der Waals surface area contributed by atoms with Gasteiger partial charge in [0.15, 0.2) is 9.84 Å². The van der Waals surface area contributed by atoms with Crippen molar-refractivity contribution in [3.8, 4) is 16.5 Å². The van der Waals surface area contributed by atoms with Crippen LogP contribution in [0.5, 0.6) is 5.75 Å². The van der Waals surface area contributed by atoms with E-state index in [1.165, 1.54) is 30.5 Å². The van der Waals surface area contributed by atoms with Gasteiger partial charge in [-0.3, -0.25) is 19.6 Å². The van der Waals surface area contributed by atoms with Gasteiger partial charge in [0.25, 0.3) is 11.8 Å². The second kappa shape index (κ2) is 11.1. The maximum absolute atomic E-state index is 13.3. The second-order valence-corrected chi connectivity index (χ2v) is 12.6. The third-order valence-electron chi connectivity index (χ3n) is 6.31. The maximum atomic E-state index is 13.3. The molecule has 1 saturated carbocycles. The molecule has 0 radical (unpaired) electrons. The van der Waals surface area contributed by atoms with Crippen molar-refractivity contribution in [2.24, 2.45) is 5.92 Å². The first kappa shape index (κ1) is 29.4. The fraction of sp³-hybridized carbons (Fsp3) is 0.400. The molecule has 0 bridgehead atoms. The molecule has 1 aromatic carbocycles. The van der Waals surface area contributed by atoms with Crippen molar-refractivity contribution in [1.29, 1.82) is 0 Å². The average Bonchev–Trinajstić information content (AvgIpc) is 3.56. The minimum atomic E-state index is -5.09. The quantitative estimate of drug-likeness (QED) is 0.360. The van der Waals surface area contributed by atoms with Gasteiger partial charge < -0.3 is 14.5 Å². The molecular weight excluding hydrogens is 571 g/mol. The summed E-state index contributed by atoms with van der Waals surface area (Å²) < 4.78 is 66.6. The minimum Gasteiger partial charge on any atom is -0.406 e. The molecule has 40 heavy (non-hydrogen) atoms. The molecule has 2 aromatic heterocycles. The van der Waals surface area contributed by atoms with E-state index >= 15 is 0 Å². The van der Waals surface area contributed by atoms with Crippen molar-refractivity contribution in [2.45, 2.75) is 37.1 Å². The molecular formula is C25H26F3N5O5S2. The highest BCUT2D eigenvalue weighted by atomic mass is 32.2. The Hall–Kier alpha value is -3.59. The van der Waals surface area contributed by atoms with Gasteiger partial charge in [-0.1, -0.05) is 0 Å². The molecule has 1 aliphatic carbocycles. The van der Waals surface area contributed by atoms with Gasteiger partial charge in [0, 0.05) is 44.9 Å². The Morgan fingerprint density at radius 1 is 1.10 bits per heavy atom. The van der Waals surface area contributed by atoms with Crippen LogP contribution in [0.3, 0.4) is 0 Å². The van der Waals surface area contributed by atoms with Gasteiger partial charge in [-0.2, -0.15) is 0 Å². The lowest BCUT2D eigenvalue weighted by molar-refractivity contribution is -0.274. The number of hydrogen-bond acceptors (Lipinski definition) is 9. The number of rotatable bonds is 9. The summed E-state index contributed by atoms with van der Waals surface area (Å²) in [5.41, 5.74) is 0.321. The van der Waals surface area contributed by atoms with Crippen LogP contribution in [-0.4, -0.2) is 78.2 Å². The van der Waals surface area contributed by atoms with Crippen molar-refractivity contribution in [2.75, 3.05) is 26.9 Å². The van der Waals surface area contributed by atoms with Crippen molar-refractivity contribution >= 4 is 33.0 Å². The zero-order chi connectivity index (χ0) is 29.4. The van der Waals surface area contributed by atoms with Crippen LogP contribution in [0.2, 0.25) is 0 Å². The highest BCUT2D eigenvalue weighted by Gasteiger charge is 2.33. The van der Waals surface area contributed by atoms with E-state index in [-0.39, 0.29) is 11.5 Å². The van der Waals surface area contributed by atoms with E-state index < -0.39 is 38.8 Å². The van der Waals surface area contributed by atoms with E-state index in [9.17, 15) is 31.2 Å². The lowest BCUT2D eigenvalue weighted by Crippen LogP contribution is -2.31. The number of sulfone groups is 1. The van der Waals surface area contributed by atoms with Gasteiger partial charge in [-0.25, -0.2) is 13.4 Å². The summed E-state index contributed by atoms with van der Waals surface area (Å²) in [7, 11) is -0.839. The van der Waals surface area contributed by atoms with Crippen molar-refractivity contribution in [3.05, 3.63) is 52.9 Å². The van der Waals surface area contributed by atoms with Crippen LogP contribution in [0.15, 0.2) is 41.7 Å². The molecule has 0 aliphatic heterocycles. The molecule has 0 saturated heterocycles. The number of aromatic nitrogens is 3. The van der Waals surface area contributed by atoms with E-state index in [0.717, 1.165) is 42.6 Å². The Morgan fingerprint density at radius 3 is 2.40 bits per heavy atom. The summed E-state index contributed by atoms with van der Waals surface area (Å²) >= 11 is 1.13. The summed E-state index contributed by atoms with van der Waals surface area (Å²) in [6.07, 6.45) is 2.24. The number of alkyl halides is 3. The number of carbonyl (C=O) groups is 2. The third kappa shape index (κ3) is 6.94. The number of carbonyl (C=O) groups excluding carboxylic acids is 2. The molecule has 15 heteroatoms. The van der Waals surface area contributed by atoms with E-state index in [2.05, 4.69) is 19.7 Å². The highest BCUT2D eigenvalue weighted by Crippen LogP contribution is 2.34. The number of ether oxygens (including phenoxy) is 1. The van der Waals surface area contributed by atoms with Gasteiger partial charge in [0.05, 0.1) is 22.8 Å². The Kier molecular flexibility index (Phi) is 8.17. The Balaban J connectivity index is 1.62. The van der Waals surface area contributed by atoms with Gasteiger partial charge >= 0.3 is 6.36 Å². The molecule has 1 atom stereocenters. The van der Waals surface area contributed by atoms with Crippen molar-refractivity contribution in [1.82, 2.24) is 24.8 Å². The molecule has 2 heterocycles. The molecule has 214 valence electrons. The summed E-state index contributed by atoms with van der Waals surface area (Å²) in [4.78, 5) is 42.0. The summed E-state index contributed by atoms with van der Waals surface area (Å²) in [5, 5.41) is 0.402. The fourth-order valence-electron chi connectivity index (χ4n) is 3.93. The van der Waals surface area contributed by atoms with Crippen LogP contribution in [0.1, 0.15) is 51.5 Å². The van der Waals surface area contributed by atoms with Crippen LogP contribution < -0.4 is 4.74 Å². The van der Waals surface area contributed by atoms with Crippen molar-refractivity contribution < 1.29 is 35.9 Å². The van der Waals surface area contributed by atoms with E-state index in [1.54, 1.807) is 18.9 Å². The molecule has 3 aromatic rings. The monoisotopic (exact) mass is 597 g/mol. The molecule has 0 spiro atoms. The van der Waals surface area contributed by atoms with E-state index in [1.807, 2.05) is 0 Å². The van der Waals surface area contributed by atoms with Gasteiger partial charge in [-0.05, 0) is 43.9 Å². The Bertz CT molecular complexity index is 1540. The number of hydrogen-bond donors (Lipinski definition) is 0. The lowest BCUT2D eigenvalue weighted by atomic mass is 10.1. The van der Waals surface area contributed by atoms with Crippen molar-refractivity contribution in [3.63, 3.8) is 0 Å². The predicted molar refractivity (Wildman–Crippen MR) is 140 cm³/mol. The molecule has 0 N–H and O–H groups in total. The second-order valence-electron chi connectivity index (χ2n) is 9.55. The molecule has 1 fully saturated rings. The van der Waals surface area contributed by atoms with Crippen LogP contribution in [0.25, 0.3) is 10.7 Å². The number of halogens is 3. The van der Waals surface area contributed by atoms with Crippen LogP contribution >= 0.6 is 11.3 Å². The molecule has 1 aliphatic rings.